The number of nitrogens with zero attached hydrogens (tertiary/aromatic N) is 1. The first-order chi connectivity index (χ1) is 8.29. The third-order valence-corrected chi connectivity index (χ3v) is 4.64. The summed E-state index contributed by atoms with van der Waals surface area (Å²) in [7, 11) is 0. The minimum atomic E-state index is 0.490. The van der Waals surface area contributed by atoms with Crippen molar-refractivity contribution in [3.05, 3.63) is 0 Å². The highest BCUT2D eigenvalue weighted by Gasteiger charge is 2.28. The molecular weight excluding hydrogens is 208 g/mol. The lowest BCUT2D eigenvalue weighted by molar-refractivity contribution is 0.264. The van der Waals surface area contributed by atoms with Crippen molar-refractivity contribution in [1.82, 2.24) is 4.90 Å². The van der Waals surface area contributed by atoms with Crippen molar-refractivity contribution in [2.24, 2.45) is 17.6 Å². The van der Waals surface area contributed by atoms with Crippen LogP contribution in [0.2, 0.25) is 0 Å². The van der Waals surface area contributed by atoms with Gasteiger partial charge in [0.25, 0.3) is 0 Å². The molecule has 2 nitrogen and oxygen atoms in total. The normalized spacial score (nSPS) is 28.9. The quantitative estimate of drug-likeness (QED) is 0.771. The third kappa shape index (κ3) is 4.59. The van der Waals surface area contributed by atoms with E-state index in [1.165, 1.54) is 71.0 Å². The first kappa shape index (κ1) is 13.4. The molecule has 1 heterocycles. The molecule has 0 aromatic carbocycles. The van der Waals surface area contributed by atoms with E-state index in [4.69, 9.17) is 5.73 Å². The smallest absolute Gasteiger partial charge is 0.00793 e. The monoisotopic (exact) mass is 238 g/mol. The Morgan fingerprint density at radius 3 is 2.71 bits per heavy atom. The maximum Gasteiger partial charge on any atom is 0.00793 e. The largest absolute Gasteiger partial charge is 0.327 e. The van der Waals surface area contributed by atoms with Gasteiger partial charge in [0.2, 0.25) is 0 Å². The Morgan fingerprint density at radius 1 is 1.18 bits per heavy atom. The summed E-state index contributed by atoms with van der Waals surface area (Å²) >= 11 is 0. The van der Waals surface area contributed by atoms with E-state index in [-0.39, 0.29) is 0 Å². The van der Waals surface area contributed by atoms with Crippen molar-refractivity contribution >= 4 is 0 Å². The summed E-state index contributed by atoms with van der Waals surface area (Å²) in [4.78, 5) is 2.66. The first-order valence-electron chi connectivity index (χ1n) is 7.77. The van der Waals surface area contributed by atoms with E-state index < -0.39 is 0 Å². The lowest BCUT2D eigenvalue weighted by Crippen LogP contribution is -2.32. The van der Waals surface area contributed by atoms with Crippen LogP contribution in [-0.2, 0) is 0 Å². The van der Waals surface area contributed by atoms with Gasteiger partial charge in [0.15, 0.2) is 0 Å². The van der Waals surface area contributed by atoms with Gasteiger partial charge in [-0.1, -0.05) is 19.8 Å². The Hall–Kier alpha value is -0.0800. The average molecular weight is 238 g/mol. The molecule has 2 rings (SSSR count). The van der Waals surface area contributed by atoms with Crippen LogP contribution in [0, 0.1) is 11.8 Å². The summed E-state index contributed by atoms with van der Waals surface area (Å²) in [5, 5.41) is 0. The first-order valence-corrected chi connectivity index (χ1v) is 7.77. The zero-order valence-electron chi connectivity index (χ0n) is 11.5. The van der Waals surface area contributed by atoms with E-state index in [0.717, 1.165) is 11.8 Å². The van der Waals surface area contributed by atoms with Gasteiger partial charge in [-0.25, -0.2) is 0 Å². The highest BCUT2D eigenvalue weighted by molar-refractivity contribution is 4.84. The molecule has 0 bridgehead atoms. The molecule has 0 radical (unpaired) electrons. The van der Waals surface area contributed by atoms with Crippen LogP contribution in [0.15, 0.2) is 0 Å². The van der Waals surface area contributed by atoms with Gasteiger partial charge in [-0.3, -0.25) is 0 Å². The molecule has 0 aromatic rings. The molecule has 17 heavy (non-hydrogen) atoms. The lowest BCUT2D eigenvalue weighted by atomic mass is 9.96. The highest BCUT2D eigenvalue weighted by Crippen LogP contribution is 2.33. The van der Waals surface area contributed by atoms with Crippen molar-refractivity contribution in [1.29, 1.82) is 0 Å². The lowest BCUT2D eigenvalue weighted by Gasteiger charge is -2.22. The van der Waals surface area contributed by atoms with Gasteiger partial charge in [-0.15, -0.1) is 0 Å². The standard InChI is InChI=1S/C15H30N2/c1-2-4-13-5-3-10-17(11-8-13)12-9-15(16)14-6-7-14/h13-15H,2-12,16H2,1H3. The fourth-order valence-corrected chi connectivity index (χ4v) is 3.24. The fraction of sp³-hybridized carbons (Fsp3) is 1.00. The van der Waals surface area contributed by atoms with E-state index in [1.807, 2.05) is 0 Å². The van der Waals surface area contributed by atoms with Gasteiger partial charge in [0, 0.05) is 6.04 Å². The molecule has 2 heteroatoms. The number of hydrogen-bond donors (Lipinski definition) is 1. The summed E-state index contributed by atoms with van der Waals surface area (Å²) < 4.78 is 0. The van der Waals surface area contributed by atoms with Crippen LogP contribution >= 0.6 is 0 Å². The molecule has 0 amide bonds. The summed E-state index contributed by atoms with van der Waals surface area (Å²) in [5.41, 5.74) is 6.18. The van der Waals surface area contributed by atoms with E-state index >= 15 is 0 Å². The van der Waals surface area contributed by atoms with Crippen molar-refractivity contribution in [2.45, 2.75) is 64.3 Å². The maximum absolute atomic E-state index is 6.18. The second kappa shape index (κ2) is 6.75. The molecule has 0 aromatic heterocycles. The Kier molecular flexibility index (Phi) is 5.30. The zero-order valence-corrected chi connectivity index (χ0v) is 11.5. The third-order valence-electron chi connectivity index (χ3n) is 4.64. The predicted molar refractivity (Wildman–Crippen MR) is 74.0 cm³/mol. The Balaban J connectivity index is 1.63. The predicted octanol–water partition coefficient (Wildman–Crippen LogP) is 3.02. The van der Waals surface area contributed by atoms with E-state index in [9.17, 15) is 0 Å². The summed E-state index contributed by atoms with van der Waals surface area (Å²) in [6.45, 7) is 6.20. The van der Waals surface area contributed by atoms with Gasteiger partial charge < -0.3 is 10.6 Å². The molecule has 1 saturated carbocycles. The van der Waals surface area contributed by atoms with E-state index in [2.05, 4.69) is 11.8 Å². The Labute approximate surface area is 107 Å². The van der Waals surface area contributed by atoms with Crippen molar-refractivity contribution < 1.29 is 0 Å². The molecular formula is C15H30N2. The van der Waals surface area contributed by atoms with Crippen LogP contribution in [0.25, 0.3) is 0 Å². The number of hydrogen-bond acceptors (Lipinski definition) is 2. The van der Waals surface area contributed by atoms with Gasteiger partial charge >= 0.3 is 0 Å². The minimum absolute atomic E-state index is 0.490. The van der Waals surface area contributed by atoms with E-state index in [1.54, 1.807) is 0 Å². The molecule has 1 saturated heterocycles. The van der Waals surface area contributed by atoms with Gasteiger partial charge in [-0.05, 0) is 70.0 Å². The molecule has 1 aliphatic carbocycles. The van der Waals surface area contributed by atoms with Crippen LogP contribution in [0.3, 0.4) is 0 Å². The van der Waals surface area contributed by atoms with Crippen LogP contribution in [0.5, 0.6) is 0 Å². The van der Waals surface area contributed by atoms with Crippen LogP contribution in [0.1, 0.15) is 58.3 Å². The summed E-state index contributed by atoms with van der Waals surface area (Å²) in [6, 6.07) is 0.490. The molecule has 2 N–H and O–H groups in total. The molecule has 2 aliphatic rings. The number of nitrogens with two attached hydrogens (primary N) is 1. The topological polar surface area (TPSA) is 29.3 Å². The maximum atomic E-state index is 6.18. The van der Waals surface area contributed by atoms with Gasteiger partial charge in [0.05, 0.1) is 0 Å². The fourth-order valence-electron chi connectivity index (χ4n) is 3.24. The molecule has 1 aliphatic heterocycles. The molecule has 100 valence electrons. The van der Waals surface area contributed by atoms with Crippen molar-refractivity contribution in [3.63, 3.8) is 0 Å². The van der Waals surface area contributed by atoms with Crippen molar-refractivity contribution in [3.8, 4) is 0 Å². The molecule has 2 atom stereocenters. The van der Waals surface area contributed by atoms with Crippen LogP contribution in [0.4, 0.5) is 0 Å². The SMILES string of the molecule is CCCC1CCCN(CCC(N)C2CC2)CC1. The van der Waals surface area contributed by atoms with E-state index in [0.29, 0.717) is 6.04 Å². The Morgan fingerprint density at radius 2 is 2.00 bits per heavy atom. The number of likely N-dealkylation sites (tertiary alicyclic amines) is 1. The Bertz CT molecular complexity index is 213. The van der Waals surface area contributed by atoms with Gasteiger partial charge in [-0.2, -0.15) is 0 Å². The second-order valence-corrected chi connectivity index (χ2v) is 6.22. The zero-order chi connectivity index (χ0) is 12.1. The average Bonchev–Trinajstić information content (AvgIpc) is 3.14. The molecule has 0 spiro atoms. The minimum Gasteiger partial charge on any atom is -0.327 e. The number of rotatable bonds is 6. The van der Waals surface area contributed by atoms with Gasteiger partial charge in [0.1, 0.15) is 0 Å². The van der Waals surface area contributed by atoms with Crippen LogP contribution < -0.4 is 5.73 Å². The molecule has 2 unspecified atom stereocenters. The summed E-state index contributed by atoms with van der Waals surface area (Å²) in [6.07, 6.45) is 11.1. The summed E-state index contributed by atoms with van der Waals surface area (Å²) in [5.74, 6) is 1.87. The molecule has 2 fully saturated rings. The van der Waals surface area contributed by atoms with Crippen LogP contribution in [-0.4, -0.2) is 30.6 Å². The highest BCUT2D eigenvalue weighted by atomic mass is 15.1. The second-order valence-electron chi connectivity index (χ2n) is 6.22. The van der Waals surface area contributed by atoms with Crippen molar-refractivity contribution in [2.75, 3.05) is 19.6 Å².